The van der Waals surface area contributed by atoms with Crippen molar-refractivity contribution >= 4 is 11.7 Å². The van der Waals surface area contributed by atoms with E-state index in [9.17, 15) is 9.90 Å². The second kappa shape index (κ2) is 6.06. The van der Waals surface area contributed by atoms with Gasteiger partial charge in [-0.1, -0.05) is 25.1 Å². The molecule has 1 aliphatic heterocycles. The molecule has 1 aromatic carbocycles. The van der Waals surface area contributed by atoms with Crippen molar-refractivity contribution in [1.29, 1.82) is 0 Å². The fourth-order valence-corrected chi connectivity index (χ4v) is 2.53. The molecule has 0 atom stereocenters. The third-order valence-electron chi connectivity index (χ3n) is 4.22. The number of hydrogen-bond acceptors (Lipinski definition) is 2. The molecule has 2 rings (SSSR count). The van der Waals surface area contributed by atoms with E-state index >= 15 is 0 Å². The van der Waals surface area contributed by atoms with Crippen LogP contribution in [0.5, 0.6) is 0 Å². The number of anilines is 1. The summed E-state index contributed by atoms with van der Waals surface area (Å²) in [5, 5.41) is 12.4. The van der Waals surface area contributed by atoms with Gasteiger partial charge in [0.1, 0.15) is 0 Å². The molecule has 1 aliphatic rings. The Labute approximate surface area is 114 Å². The number of benzene rings is 1. The van der Waals surface area contributed by atoms with Crippen molar-refractivity contribution in [3.8, 4) is 0 Å². The molecular formula is C15H22N2O2. The number of urea groups is 1. The number of likely N-dealkylation sites (tertiary alicyclic amines) is 1. The van der Waals surface area contributed by atoms with Crippen molar-refractivity contribution in [2.75, 3.05) is 25.0 Å². The number of carbonyl (C=O) groups is 1. The number of amides is 2. The van der Waals surface area contributed by atoms with E-state index in [1.807, 2.05) is 35.2 Å². The van der Waals surface area contributed by atoms with Gasteiger partial charge in [-0.25, -0.2) is 4.79 Å². The number of carbonyl (C=O) groups excluding carboxylic acids is 1. The van der Waals surface area contributed by atoms with Crippen molar-refractivity contribution in [3.63, 3.8) is 0 Å². The molecule has 0 radical (unpaired) electrons. The summed E-state index contributed by atoms with van der Waals surface area (Å²) in [5.41, 5.74) is 0.839. The molecule has 104 valence electrons. The number of hydrogen-bond donors (Lipinski definition) is 2. The Morgan fingerprint density at radius 2 is 1.95 bits per heavy atom. The van der Waals surface area contributed by atoms with E-state index in [4.69, 9.17) is 0 Å². The fraction of sp³-hybridized carbons (Fsp3) is 0.533. The Morgan fingerprint density at radius 1 is 1.32 bits per heavy atom. The molecule has 0 saturated carbocycles. The molecule has 4 nitrogen and oxygen atoms in total. The Hall–Kier alpha value is -1.55. The summed E-state index contributed by atoms with van der Waals surface area (Å²) >= 11 is 0. The standard InChI is InChI=1S/C15H22N2O2/c1-2-15(12-18)8-10-17(11-9-15)14(19)16-13-6-4-3-5-7-13/h3-7,18H,2,8-12H2,1H3,(H,16,19). The monoisotopic (exact) mass is 262 g/mol. The molecule has 1 fully saturated rings. The molecule has 2 amide bonds. The summed E-state index contributed by atoms with van der Waals surface area (Å²) < 4.78 is 0. The average Bonchev–Trinajstić information content (AvgIpc) is 2.48. The normalized spacial score (nSPS) is 18.1. The number of piperidine rings is 1. The molecule has 1 aromatic rings. The smallest absolute Gasteiger partial charge is 0.321 e. The van der Waals surface area contributed by atoms with Gasteiger partial charge in [-0.05, 0) is 36.8 Å². The van der Waals surface area contributed by atoms with Gasteiger partial charge in [-0.2, -0.15) is 0 Å². The third kappa shape index (κ3) is 3.26. The maximum absolute atomic E-state index is 12.1. The van der Waals surface area contributed by atoms with Crippen LogP contribution in [0.2, 0.25) is 0 Å². The fourth-order valence-electron chi connectivity index (χ4n) is 2.53. The van der Waals surface area contributed by atoms with Gasteiger partial charge in [0.2, 0.25) is 0 Å². The molecule has 0 spiro atoms. The third-order valence-corrected chi connectivity index (χ3v) is 4.22. The Kier molecular flexibility index (Phi) is 4.43. The van der Waals surface area contributed by atoms with Crippen LogP contribution in [0, 0.1) is 5.41 Å². The van der Waals surface area contributed by atoms with Crippen LogP contribution in [0.15, 0.2) is 30.3 Å². The molecule has 2 N–H and O–H groups in total. The zero-order valence-corrected chi connectivity index (χ0v) is 11.4. The van der Waals surface area contributed by atoms with E-state index in [0.29, 0.717) is 13.1 Å². The largest absolute Gasteiger partial charge is 0.396 e. The first kappa shape index (κ1) is 13.9. The molecule has 19 heavy (non-hydrogen) atoms. The van der Waals surface area contributed by atoms with E-state index in [1.54, 1.807) is 0 Å². The van der Waals surface area contributed by atoms with Gasteiger partial charge in [0, 0.05) is 25.4 Å². The summed E-state index contributed by atoms with van der Waals surface area (Å²) in [6.07, 6.45) is 2.72. The zero-order valence-electron chi connectivity index (χ0n) is 11.4. The lowest BCUT2D eigenvalue weighted by Gasteiger charge is -2.40. The lowest BCUT2D eigenvalue weighted by molar-refractivity contribution is 0.0542. The first-order valence-corrected chi connectivity index (χ1v) is 6.91. The molecular weight excluding hydrogens is 240 g/mol. The van der Waals surface area contributed by atoms with Gasteiger partial charge in [-0.3, -0.25) is 0 Å². The van der Waals surface area contributed by atoms with E-state index in [2.05, 4.69) is 12.2 Å². The molecule has 0 aromatic heterocycles. The maximum atomic E-state index is 12.1. The van der Waals surface area contributed by atoms with Gasteiger partial charge in [0.15, 0.2) is 0 Å². The summed E-state index contributed by atoms with van der Waals surface area (Å²) in [6, 6.07) is 9.44. The van der Waals surface area contributed by atoms with Crippen LogP contribution in [0.1, 0.15) is 26.2 Å². The summed E-state index contributed by atoms with van der Waals surface area (Å²) in [6.45, 7) is 3.76. The number of rotatable bonds is 3. The van der Waals surface area contributed by atoms with Crippen LogP contribution in [0.4, 0.5) is 10.5 Å². The van der Waals surface area contributed by atoms with Crippen LogP contribution in [0.3, 0.4) is 0 Å². The van der Waals surface area contributed by atoms with E-state index < -0.39 is 0 Å². The highest BCUT2D eigenvalue weighted by Gasteiger charge is 2.33. The van der Waals surface area contributed by atoms with Crippen molar-refractivity contribution in [2.24, 2.45) is 5.41 Å². The zero-order chi connectivity index (χ0) is 13.7. The van der Waals surface area contributed by atoms with Crippen LogP contribution >= 0.6 is 0 Å². The number of aliphatic hydroxyl groups excluding tert-OH is 1. The minimum Gasteiger partial charge on any atom is -0.396 e. The van der Waals surface area contributed by atoms with Gasteiger partial charge >= 0.3 is 6.03 Å². The summed E-state index contributed by atoms with van der Waals surface area (Å²) in [7, 11) is 0. The van der Waals surface area contributed by atoms with Gasteiger partial charge in [-0.15, -0.1) is 0 Å². The Balaban J connectivity index is 1.89. The van der Waals surface area contributed by atoms with E-state index in [0.717, 1.165) is 24.9 Å². The second-order valence-corrected chi connectivity index (χ2v) is 5.29. The number of nitrogens with zero attached hydrogens (tertiary/aromatic N) is 1. The second-order valence-electron chi connectivity index (χ2n) is 5.29. The average molecular weight is 262 g/mol. The van der Waals surface area contributed by atoms with Gasteiger partial charge < -0.3 is 15.3 Å². The predicted octanol–water partition coefficient (Wildman–Crippen LogP) is 2.70. The first-order chi connectivity index (χ1) is 9.19. The predicted molar refractivity (Wildman–Crippen MR) is 76.1 cm³/mol. The molecule has 4 heteroatoms. The van der Waals surface area contributed by atoms with Crippen LogP contribution in [-0.4, -0.2) is 35.7 Å². The van der Waals surface area contributed by atoms with Crippen molar-refractivity contribution < 1.29 is 9.90 Å². The number of para-hydroxylation sites is 1. The highest BCUT2D eigenvalue weighted by Crippen LogP contribution is 2.34. The molecule has 1 heterocycles. The first-order valence-electron chi connectivity index (χ1n) is 6.91. The number of aliphatic hydroxyl groups is 1. The highest BCUT2D eigenvalue weighted by atomic mass is 16.3. The SMILES string of the molecule is CCC1(CO)CCN(C(=O)Nc2ccccc2)CC1. The lowest BCUT2D eigenvalue weighted by Crippen LogP contribution is -2.46. The van der Waals surface area contributed by atoms with E-state index in [-0.39, 0.29) is 18.1 Å². The quantitative estimate of drug-likeness (QED) is 0.880. The van der Waals surface area contributed by atoms with Crippen LogP contribution < -0.4 is 5.32 Å². The molecule has 1 saturated heterocycles. The number of nitrogens with one attached hydrogen (secondary N) is 1. The lowest BCUT2D eigenvalue weighted by atomic mass is 9.77. The molecule has 0 unspecified atom stereocenters. The molecule has 0 aliphatic carbocycles. The van der Waals surface area contributed by atoms with Crippen LogP contribution in [-0.2, 0) is 0 Å². The van der Waals surface area contributed by atoms with Crippen molar-refractivity contribution in [1.82, 2.24) is 4.90 Å². The van der Waals surface area contributed by atoms with Crippen LogP contribution in [0.25, 0.3) is 0 Å². The highest BCUT2D eigenvalue weighted by molar-refractivity contribution is 5.89. The minimum atomic E-state index is -0.0474. The Bertz CT molecular complexity index is 405. The minimum absolute atomic E-state index is 0.0174. The maximum Gasteiger partial charge on any atom is 0.321 e. The van der Waals surface area contributed by atoms with Crippen molar-refractivity contribution in [2.45, 2.75) is 26.2 Å². The van der Waals surface area contributed by atoms with E-state index in [1.165, 1.54) is 0 Å². The summed E-state index contributed by atoms with van der Waals surface area (Å²) in [5.74, 6) is 0. The van der Waals surface area contributed by atoms with Crippen molar-refractivity contribution in [3.05, 3.63) is 30.3 Å². The molecule has 0 bridgehead atoms. The topological polar surface area (TPSA) is 52.6 Å². The Morgan fingerprint density at radius 3 is 2.47 bits per heavy atom. The summed E-state index contributed by atoms with van der Waals surface area (Å²) in [4.78, 5) is 13.9. The van der Waals surface area contributed by atoms with Gasteiger partial charge in [0.05, 0.1) is 0 Å². The van der Waals surface area contributed by atoms with Gasteiger partial charge in [0.25, 0.3) is 0 Å².